The Labute approximate surface area is 128 Å². The Morgan fingerprint density at radius 2 is 2.05 bits per heavy atom. The molecule has 0 aliphatic carbocycles. The van der Waals surface area contributed by atoms with Crippen LogP contribution in [0, 0.1) is 6.92 Å². The van der Waals surface area contributed by atoms with Crippen molar-refractivity contribution in [2.75, 3.05) is 11.5 Å². The van der Waals surface area contributed by atoms with E-state index in [0.29, 0.717) is 12.1 Å². The first kappa shape index (κ1) is 14.8. The van der Waals surface area contributed by atoms with E-state index in [9.17, 15) is 13.2 Å². The largest absolute Gasteiger partial charge is 0.350 e. The molecule has 7 heteroatoms. The van der Waals surface area contributed by atoms with Crippen molar-refractivity contribution in [1.29, 1.82) is 0 Å². The number of rotatable bonds is 3. The summed E-state index contributed by atoms with van der Waals surface area (Å²) >= 11 is 0. The van der Waals surface area contributed by atoms with Gasteiger partial charge in [-0.15, -0.1) is 0 Å². The molecule has 0 unspecified atom stereocenters. The number of benzene rings is 1. The lowest BCUT2D eigenvalue weighted by Gasteiger charge is -2.07. The predicted molar refractivity (Wildman–Crippen MR) is 81.2 cm³/mol. The molecule has 1 N–H and O–H groups in total. The summed E-state index contributed by atoms with van der Waals surface area (Å²) in [6, 6.07) is 8.91. The van der Waals surface area contributed by atoms with Crippen LogP contribution in [0.2, 0.25) is 0 Å². The van der Waals surface area contributed by atoms with Gasteiger partial charge in [-0.05, 0) is 13.3 Å². The summed E-state index contributed by atoms with van der Waals surface area (Å²) in [4.78, 5) is 12.1. The number of amides is 1. The van der Waals surface area contributed by atoms with Gasteiger partial charge in [-0.2, -0.15) is 0 Å². The molecule has 6 nitrogen and oxygen atoms in total. The number of aromatic nitrogens is 1. The monoisotopic (exact) mass is 320 g/mol. The average Bonchev–Trinajstić information content (AvgIpc) is 3.06. The quantitative estimate of drug-likeness (QED) is 0.927. The van der Waals surface area contributed by atoms with Gasteiger partial charge in [0.05, 0.1) is 11.5 Å². The molecule has 2 heterocycles. The molecule has 0 radical (unpaired) electrons. The van der Waals surface area contributed by atoms with Crippen LogP contribution in [-0.2, 0) is 9.84 Å². The molecule has 0 bridgehead atoms. The van der Waals surface area contributed by atoms with Crippen molar-refractivity contribution in [3.05, 3.63) is 41.7 Å². The van der Waals surface area contributed by atoms with E-state index in [1.807, 2.05) is 31.2 Å². The van der Waals surface area contributed by atoms with Gasteiger partial charge in [0, 0.05) is 17.7 Å². The molecule has 2 aromatic rings. The molecule has 1 aliphatic heterocycles. The topological polar surface area (TPSA) is 89.3 Å². The Balaban J connectivity index is 1.71. The minimum atomic E-state index is -3.03. The number of carbonyl (C=O) groups is 1. The molecule has 1 saturated heterocycles. The SMILES string of the molecule is Cc1ccc(-c2cc(C(=O)N[C@@H]3CCS(=O)(=O)C3)on2)cc1. The summed E-state index contributed by atoms with van der Waals surface area (Å²) in [7, 11) is -3.03. The molecule has 1 aliphatic rings. The smallest absolute Gasteiger partial charge is 0.290 e. The van der Waals surface area contributed by atoms with Gasteiger partial charge >= 0.3 is 0 Å². The first-order chi connectivity index (χ1) is 10.4. The molecule has 1 aromatic carbocycles. The Bertz CT molecular complexity index is 793. The van der Waals surface area contributed by atoms with E-state index in [4.69, 9.17) is 4.52 Å². The third-order valence-corrected chi connectivity index (χ3v) is 5.42. The third-order valence-electron chi connectivity index (χ3n) is 3.65. The van der Waals surface area contributed by atoms with Crippen LogP contribution < -0.4 is 5.32 Å². The number of sulfone groups is 1. The minimum Gasteiger partial charge on any atom is -0.350 e. The second kappa shape index (κ2) is 5.57. The Morgan fingerprint density at radius 3 is 2.68 bits per heavy atom. The number of carbonyl (C=O) groups excluding carboxylic acids is 1. The lowest BCUT2D eigenvalue weighted by atomic mass is 10.1. The molecular formula is C15H16N2O4S. The van der Waals surface area contributed by atoms with Gasteiger partial charge in [0.25, 0.3) is 5.91 Å². The maximum Gasteiger partial charge on any atom is 0.290 e. The van der Waals surface area contributed by atoms with Crippen LogP contribution in [0.3, 0.4) is 0 Å². The summed E-state index contributed by atoms with van der Waals surface area (Å²) in [6.45, 7) is 1.99. The van der Waals surface area contributed by atoms with Gasteiger partial charge < -0.3 is 9.84 Å². The molecule has 1 atom stereocenters. The lowest BCUT2D eigenvalue weighted by molar-refractivity contribution is 0.0904. The first-order valence-electron chi connectivity index (χ1n) is 6.98. The summed E-state index contributed by atoms with van der Waals surface area (Å²) in [5.41, 5.74) is 2.56. The molecule has 0 saturated carbocycles. The van der Waals surface area contributed by atoms with Crippen LogP contribution in [-0.4, -0.2) is 37.0 Å². The van der Waals surface area contributed by atoms with Crippen molar-refractivity contribution < 1.29 is 17.7 Å². The van der Waals surface area contributed by atoms with Crippen LogP contribution in [0.25, 0.3) is 11.3 Å². The van der Waals surface area contributed by atoms with Crippen molar-refractivity contribution in [3.63, 3.8) is 0 Å². The van der Waals surface area contributed by atoms with E-state index in [-0.39, 0.29) is 23.3 Å². The Kier molecular flexibility index (Phi) is 3.74. The Morgan fingerprint density at radius 1 is 1.32 bits per heavy atom. The molecule has 3 rings (SSSR count). The summed E-state index contributed by atoms with van der Waals surface area (Å²) in [6.07, 6.45) is 0.438. The van der Waals surface area contributed by atoms with E-state index in [1.54, 1.807) is 6.07 Å². The Hall–Kier alpha value is -2.15. The lowest BCUT2D eigenvalue weighted by Crippen LogP contribution is -2.35. The highest BCUT2D eigenvalue weighted by Crippen LogP contribution is 2.20. The highest BCUT2D eigenvalue weighted by molar-refractivity contribution is 7.91. The van der Waals surface area contributed by atoms with Gasteiger partial charge in [0.15, 0.2) is 9.84 Å². The number of nitrogens with zero attached hydrogens (tertiary/aromatic N) is 1. The van der Waals surface area contributed by atoms with Gasteiger partial charge in [0.1, 0.15) is 5.69 Å². The van der Waals surface area contributed by atoms with Crippen LogP contribution in [0.4, 0.5) is 0 Å². The summed E-state index contributed by atoms with van der Waals surface area (Å²) < 4.78 is 27.8. The summed E-state index contributed by atoms with van der Waals surface area (Å²) in [5, 5.41) is 6.56. The van der Waals surface area contributed by atoms with Crippen molar-refractivity contribution >= 4 is 15.7 Å². The molecule has 22 heavy (non-hydrogen) atoms. The van der Waals surface area contributed by atoms with Gasteiger partial charge in [0.2, 0.25) is 5.76 Å². The minimum absolute atomic E-state index is 0.0162. The fourth-order valence-corrected chi connectivity index (χ4v) is 4.08. The zero-order valence-corrected chi connectivity index (χ0v) is 12.9. The van der Waals surface area contributed by atoms with E-state index in [1.165, 1.54) is 0 Å². The molecule has 1 aromatic heterocycles. The van der Waals surface area contributed by atoms with E-state index >= 15 is 0 Å². The maximum absolute atomic E-state index is 12.1. The molecular weight excluding hydrogens is 304 g/mol. The fourth-order valence-electron chi connectivity index (χ4n) is 2.41. The van der Waals surface area contributed by atoms with Crippen molar-refractivity contribution in [2.24, 2.45) is 0 Å². The normalized spacial score (nSPS) is 20.0. The van der Waals surface area contributed by atoms with E-state index < -0.39 is 15.7 Å². The van der Waals surface area contributed by atoms with Crippen LogP contribution in [0.15, 0.2) is 34.9 Å². The summed E-state index contributed by atoms with van der Waals surface area (Å²) in [5.74, 6) is -0.256. The van der Waals surface area contributed by atoms with Gasteiger partial charge in [-0.1, -0.05) is 35.0 Å². The van der Waals surface area contributed by atoms with Crippen LogP contribution in [0.1, 0.15) is 22.5 Å². The number of hydrogen-bond donors (Lipinski definition) is 1. The number of hydrogen-bond acceptors (Lipinski definition) is 5. The number of nitrogens with one attached hydrogen (secondary N) is 1. The molecule has 1 fully saturated rings. The van der Waals surface area contributed by atoms with E-state index in [2.05, 4.69) is 10.5 Å². The average molecular weight is 320 g/mol. The number of aryl methyl sites for hydroxylation is 1. The van der Waals surface area contributed by atoms with Gasteiger partial charge in [-0.3, -0.25) is 4.79 Å². The van der Waals surface area contributed by atoms with Crippen molar-refractivity contribution in [3.8, 4) is 11.3 Å². The van der Waals surface area contributed by atoms with Crippen LogP contribution in [0.5, 0.6) is 0 Å². The molecule has 1 amide bonds. The van der Waals surface area contributed by atoms with Crippen molar-refractivity contribution in [2.45, 2.75) is 19.4 Å². The van der Waals surface area contributed by atoms with Gasteiger partial charge in [-0.25, -0.2) is 8.42 Å². The predicted octanol–water partition coefficient (Wildman–Crippen LogP) is 1.57. The standard InChI is InChI=1S/C15H16N2O4S/c1-10-2-4-11(5-3-10)13-8-14(21-17-13)15(18)16-12-6-7-22(19,20)9-12/h2-5,8,12H,6-7,9H2,1H3,(H,16,18)/t12-/m1/s1. The first-order valence-corrected chi connectivity index (χ1v) is 8.80. The second-order valence-corrected chi connectivity index (χ2v) is 7.74. The van der Waals surface area contributed by atoms with Crippen molar-refractivity contribution in [1.82, 2.24) is 10.5 Å². The second-order valence-electron chi connectivity index (χ2n) is 5.52. The maximum atomic E-state index is 12.1. The third kappa shape index (κ3) is 3.19. The molecule has 116 valence electrons. The van der Waals surface area contributed by atoms with Crippen LogP contribution >= 0.6 is 0 Å². The zero-order chi connectivity index (χ0) is 15.7. The zero-order valence-electron chi connectivity index (χ0n) is 12.1. The van der Waals surface area contributed by atoms with E-state index in [0.717, 1.165) is 11.1 Å². The fraction of sp³-hybridized carbons (Fsp3) is 0.333. The molecule has 0 spiro atoms. The highest BCUT2D eigenvalue weighted by Gasteiger charge is 2.30. The highest BCUT2D eigenvalue weighted by atomic mass is 32.2.